The minimum Gasteiger partial charge on any atom is -0.0866 e. The molecule has 0 radical (unpaired) electrons. The lowest BCUT2D eigenvalue weighted by Crippen LogP contribution is -2.18. The summed E-state index contributed by atoms with van der Waals surface area (Å²) in [6.07, 6.45) is 0. The molecule has 0 fully saturated rings. The van der Waals surface area contributed by atoms with Crippen molar-refractivity contribution in [2.45, 2.75) is 13.8 Å². The third-order valence-corrected chi connectivity index (χ3v) is 2.11. The van der Waals surface area contributed by atoms with E-state index in [1.54, 1.807) is 0 Å². The molecular weight excluding hydrogens is 118 g/mol. The van der Waals surface area contributed by atoms with Crippen molar-refractivity contribution in [3.63, 3.8) is 0 Å². The zero-order chi connectivity index (χ0) is 7.72. The maximum absolute atomic E-state index is 2.24. The number of aryl methyl sites for hydroxylation is 2. The quantitative estimate of drug-likeness (QED) is 0.387. The van der Waals surface area contributed by atoms with Crippen LogP contribution in [0.4, 0.5) is 0 Å². The lowest BCUT2D eigenvalue weighted by molar-refractivity contribution is 1.44. The van der Waals surface area contributed by atoms with Crippen LogP contribution in [0.25, 0.3) is 0 Å². The molecule has 0 saturated heterocycles. The molecule has 0 amide bonds. The monoisotopic (exact) mass is 130 g/mol. The van der Waals surface area contributed by atoms with Crippen LogP contribution in [-0.4, -0.2) is 15.7 Å². The molecule has 1 rings (SSSR count). The fraction of sp³-hybridized carbons (Fsp3) is 0.250. The van der Waals surface area contributed by atoms with Crippen LogP contribution in [0.15, 0.2) is 12.1 Å². The van der Waals surface area contributed by atoms with Crippen LogP contribution in [0, 0.1) is 13.8 Å². The highest BCUT2D eigenvalue weighted by Gasteiger charge is 1.95. The Kier molecular flexibility index (Phi) is 1.89. The fourth-order valence-electron chi connectivity index (χ4n) is 1.10. The van der Waals surface area contributed by atoms with E-state index in [-0.39, 0.29) is 0 Å². The standard InChI is InChI=1S/C8H12B2/c1-5-3-6(2)8(10)4-7(5)9/h3-4H,9-10H2,1-2H3. The summed E-state index contributed by atoms with van der Waals surface area (Å²) in [4.78, 5) is 0. The van der Waals surface area contributed by atoms with Crippen LogP contribution in [0.1, 0.15) is 11.1 Å². The van der Waals surface area contributed by atoms with Gasteiger partial charge in [0, 0.05) is 0 Å². The van der Waals surface area contributed by atoms with Gasteiger partial charge in [-0.15, -0.1) is 0 Å². The molecule has 0 aromatic heterocycles. The molecule has 0 nitrogen and oxygen atoms in total. The van der Waals surface area contributed by atoms with Gasteiger partial charge in [0.05, 0.1) is 0 Å². The van der Waals surface area contributed by atoms with Gasteiger partial charge in [-0.3, -0.25) is 0 Å². The Morgan fingerprint density at radius 3 is 1.60 bits per heavy atom. The third-order valence-electron chi connectivity index (χ3n) is 2.11. The van der Waals surface area contributed by atoms with Gasteiger partial charge in [-0.2, -0.15) is 0 Å². The van der Waals surface area contributed by atoms with Gasteiger partial charge in [0.15, 0.2) is 0 Å². The van der Waals surface area contributed by atoms with E-state index >= 15 is 0 Å². The summed E-state index contributed by atoms with van der Waals surface area (Å²) >= 11 is 0. The first kappa shape index (κ1) is 7.46. The summed E-state index contributed by atoms with van der Waals surface area (Å²) in [5, 5.41) is 0. The second-order valence-electron chi connectivity index (χ2n) is 3.02. The highest BCUT2D eigenvalue weighted by molar-refractivity contribution is 6.39. The van der Waals surface area contributed by atoms with Crippen molar-refractivity contribution in [1.82, 2.24) is 0 Å². The Bertz CT molecular complexity index is 203. The van der Waals surface area contributed by atoms with E-state index in [1.807, 2.05) is 0 Å². The maximum atomic E-state index is 2.24. The third kappa shape index (κ3) is 1.26. The summed E-state index contributed by atoms with van der Waals surface area (Å²) in [6.45, 7) is 4.31. The molecule has 50 valence electrons. The smallest absolute Gasteiger partial charge is 0.0866 e. The molecule has 0 aliphatic heterocycles. The van der Waals surface area contributed by atoms with E-state index < -0.39 is 0 Å². The van der Waals surface area contributed by atoms with Gasteiger partial charge < -0.3 is 0 Å². The lowest BCUT2D eigenvalue weighted by Gasteiger charge is -2.04. The molecular formula is C8H12B2. The SMILES string of the molecule is Bc1cc(B)c(C)cc1C. The van der Waals surface area contributed by atoms with Crippen molar-refractivity contribution in [1.29, 1.82) is 0 Å². The van der Waals surface area contributed by atoms with Crippen molar-refractivity contribution < 1.29 is 0 Å². The summed E-state index contributed by atoms with van der Waals surface area (Å²) in [7, 11) is 4.31. The number of hydrogen-bond donors (Lipinski definition) is 0. The molecule has 1 aromatic rings. The van der Waals surface area contributed by atoms with Crippen molar-refractivity contribution in [2.75, 3.05) is 0 Å². The van der Waals surface area contributed by atoms with Gasteiger partial charge in [-0.05, 0) is 13.8 Å². The van der Waals surface area contributed by atoms with Gasteiger partial charge in [0.25, 0.3) is 0 Å². The minimum absolute atomic E-state index is 1.39. The molecule has 0 aliphatic rings. The Morgan fingerprint density at radius 1 is 0.900 bits per heavy atom. The molecule has 0 saturated carbocycles. The minimum atomic E-state index is 1.39. The summed E-state index contributed by atoms with van der Waals surface area (Å²) < 4.78 is 0. The van der Waals surface area contributed by atoms with E-state index in [2.05, 4.69) is 41.7 Å². The topological polar surface area (TPSA) is 0 Å². The van der Waals surface area contributed by atoms with Crippen LogP contribution in [-0.2, 0) is 0 Å². The van der Waals surface area contributed by atoms with Crippen LogP contribution in [0.5, 0.6) is 0 Å². The average molecular weight is 130 g/mol. The fourth-order valence-corrected chi connectivity index (χ4v) is 1.10. The first-order chi connectivity index (χ1) is 4.61. The highest BCUT2D eigenvalue weighted by atomic mass is 13.9. The summed E-state index contributed by atoms with van der Waals surface area (Å²) in [5.74, 6) is 0. The summed E-state index contributed by atoms with van der Waals surface area (Å²) in [5.41, 5.74) is 5.57. The molecule has 0 N–H and O–H groups in total. The second kappa shape index (κ2) is 2.53. The van der Waals surface area contributed by atoms with Crippen molar-refractivity contribution in [3.8, 4) is 0 Å². The van der Waals surface area contributed by atoms with Crippen molar-refractivity contribution in [2.24, 2.45) is 0 Å². The van der Waals surface area contributed by atoms with Crippen molar-refractivity contribution >= 4 is 26.6 Å². The van der Waals surface area contributed by atoms with Crippen molar-refractivity contribution in [3.05, 3.63) is 23.3 Å². The van der Waals surface area contributed by atoms with E-state index in [4.69, 9.17) is 0 Å². The lowest BCUT2D eigenvalue weighted by atomic mass is 9.82. The van der Waals surface area contributed by atoms with E-state index in [1.165, 1.54) is 22.1 Å². The predicted octanol–water partition coefficient (Wildman–Crippen LogP) is -1.18. The van der Waals surface area contributed by atoms with Gasteiger partial charge in [0.1, 0.15) is 15.7 Å². The molecule has 0 aliphatic carbocycles. The largest absolute Gasteiger partial charge is 0.139 e. The van der Waals surface area contributed by atoms with Crippen LogP contribution in [0.2, 0.25) is 0 Å². The molecule has 0 atom stereocenters. The Labute approximate surface area is 64.5 Å². The average Bonchev–Trinajstić information content (AvgIpc) is 1.84. The van der Waals surface area contributed by atoms with Gasteiger partial charge in [-0.1, -0.05) is 34.2 Å². The highest BCUT2D eigenvalue weighted by Crippen LogP contribution is 1.94. The molecule has 10 heavy (non-hydrogen) atoms. The number of hydrogen-bond acceptors (Lipinski definition) is 0. The van der Waals surface area contributed by atoms with E-state index in [9.17, 15) is 0 Å². The zero-order valence-corrected chi connectivity index (χ0v) is 7.15. The maximum Gasteiger partial charge on any atom is 0.139 e. The molecule has 0 spiro atoms. The first-order valence-electron chi connectivity index (χ1n) is 3.65. The Morgan fingerprint density at radius 2 is 1.30 bits per heavy atom. The van der Waals surface area contributed by atoms with E-state index in [0.29, 0.717) is 0 Å². The Hall–Kier alpha value is -0.650. The Balaban J connectivity index is 3.28. The number of benzene rings is 1. The first-order valence-corrected chi connectivity index (χ1v) is 3.65. The molecule has 2 heteroatoms. The summed E-state index contributed by atoms with van der Waals surface area (Å²) in [6, 6.07) is 4.48. The number of rotatable bonds is 0. The van der Waals surface area contributed by atoms with Crippen LogP contribution >= 0.6 is 0 Å². The van der Waals surface area contributed by atoms with Gasteiger partial charge in [0.2, 0.25) is 0 Å². The zero-order valence-electron chi connectivity index (χ0n) is 7.15. The molecule has 1 aromatic carbocycles. The second-order valence-corrected chi connectivity index (χ2v) is 3.02. The molecule has 0 heterocycles. The van der Waals surface area contributed by atoms with Gasteiger partial charge in [-0.25, -0.2) is 0 Å². The van der Waals surface area contributed by atoms with Gasteiger partial charge >= 0.3 is 0 Å². The van der Waals surface area contributed by atoms with E-state index in [0.717, 1.165) is 0 Å². The molecule has 0 unspecified atom stereocenters. The molecule has 0 bridgehead atoms. The van der Waals surface area contributed by atoms with Crippen LogP contribution in [0.3, 0.4) is 0 Å². The predicted molar refractivity (Wildman–Crippen MR) is 52.3 cm³/mol. The van der Waals surface area contributed by atoms with Crippen LogP contribution < -0.4 is 10.9 Å². The normalized spacial score (nSPS) is 9.80.